The zero-order valence-corrected chi connectivity index (χ0v) is 15.5. The van der Waals surface area contributed by atoms with Crippen LogP contribution in [-0.4, -0.2) is 24.2 Å². The molecule has 0 aliphatic heterocycles. The fraction of sp³-hybridized carbons (Fsp3) is 0.350. The molecule has 0 heterocycles. The molecule has 152 valence electrons. The summed E-state index contributed by atoms with van der Waals surface area (Å²) < 4.78 is 42.3. The highest BCUT2D eigenvalue weighted by Crippen LogP contribution is 2.28. The quantitative estimate of drug-likeness (QED) is 0.430. The maximum absolute atomic E-state index is 14.3. The van der Waals surface area contributed by atoms with Crippen LogP contribution in [0.5, 0.6) is 0 Å². The van der Waals surface area contributed by atoms with Gasteiger partial charge in [-0.3, -0.25) is 9.63 Å². The van der Waals surface area contributed by atoms with E-state index in [1.54, 1.807) is 6.08 Å². The summed E-state index contributed by atoms with van der Waals surface area (Å²) in [5.74, 6) is -3.90. The van der Waals surface area contributed by atoms with E-state index in [9.17, 15) is 18.0 Å². The number of rotatable bonds is 9. The van der Waals surface area contributed by atoms with Gasteiger partial charge < -0.3 is 10.4 Å². The molecule has 0 bridgehead atoms. The molecule has 1 aliphatic rings. The topological polar surface area (TPSA) is 70.6 Å². The maximum atomic E-state index is 14.3. The summed E-state index contributed by atoms with van der Waals surface area (Å²) in [6.07, 6.45) is 6.70. The molecule has 1 aliphatic carbocycles. The van der Waals surface area contributed by atoms with Crippen molar-refractivity contribution in [3.05, 3.63) is 64.7 Å². The first-order valence-corrected chi connectivity index (χ1v) is 8.95. The van der Waals surface area contributed by atoms with Crippen LogP contribution in [0.2, 0.25) is 0 Å². The van der Waals surface area contributed by atoms with Crippen LogP contribution in [0.25, 0.3) is 0 Å². The first-order valence-electron chi connectivity index (χ1n) is 8.95. The van der Waals surface area contributed by atoms with Crippen LogP contribution in [0.15, 0.2) is 47.5 Å². The van der Waals surface area contributed by atoms with Crippen molar-refractivity contribution in [2.24, 2.45) is 0 Å². The molecule has 1 aromatic rings. The van der Waals surface area contributed by atoms with Crippen molar-refractivity contribution in [2.45, 2.75) is 32.6 Å². The molecule has 0 spiro atoms. The number of hydrogen-bond donors (Lipinski definition) is 3. The molecule has 0 saturated heterocycles. The van der Waals surface area contributed by atoms with Gasteiger partial charge in [-0.2, -0.15) is 0 Å². The number of aliphatic hydroxyl groups excluding tert-OH is 1. The van der Waals surface area contributed by atoms with Crippen molar-refractivity contribution in [3.8, 4) is 0 Å². The van der Waals surface area contributed by atoms with Crippen molar-refractivity contribution >= 4 is 11.6 Å². The van der Waals surface area contributed by atoms with Crippen LogP contribution in [0, 0.1) is 11.6 Å². The number of amides is 1. The molecule has 2 rings (SSSR count). The van der Waals surface area contributed by atoms with Crippen molar-refractivity contribution in [1.29, 1.82) is 0 Å². The normalized spacial score (nSPS) is 14.0. The number of halogens is 3. The smallest absolute Gasteiger partial charge is 0.277 e. The first-order chi connectivity index (χ1) is 13.4. The van der Waals surface area contributed by atoms with Crippen LogP contribution in [0.3, 0.4) is 0 Å². The molecule has 0 atom stereocenters. The molecule has 28 heavy (non-hydrogen) atoms. The average Bonchev–Trinajstić information content (AvgIpc) is 2.83. The summed E-state index contributed by atoms with van der Waals surface area (Å²) in [7, 11) is 0. The van der Waals surface area contributed by atoms with Gasteiger partial charge in [0, 0.05) is 6.61 Å². The van der Waals surface area contributed by atoms with Gasteiger partial charge in [-0.15, -0.1) is 0 Å². The third-order valence-corrected chi connectivity index (χ3v) is 4.06. The number of carbonyl (C=O) groups excluding carboxylic acids is 1. The standard InChI is InChI=1S/C20H23F3N2O3/c1-13-5-8-15(21)17(10-6-13)24-19-14(7-9-16(22)18(19)23)20(27)25-28-12-4-2-3-11-26/h6-10,24,26H,2-5,11-12H2,1H3,(H,25,27). The summed E-state index contributed by atoms with van der Waals surface area (Å²) in [4.78, 5) is 17.3. The van der Waals surface area contributed by atoms with Crippen molar-refractivity contribution in [3.63, 3.8) is 0 Å². The molecule has 8 heteroatoms. The lowest BCUT2D eigenvalue weighted by Crippen LogP contribution is -2.26. The summed E-state index contributed by atoms with van der Waals surface area (Å²) in [5.41, 5.74) is 2.25. The molecule has 0 aromatic heterocycles. The lowest BCUT2D eigenvalue weighted by atomic mass is 10.1. The summed E-state index contributed by atoms with van der Waals surface area (Å²) in [6, 6.07) is 1.90. The van der Waals surface area contributed by atoms with E-state index < -0.39 is 29.1 Å². The van der Waals surface area contributed by atoms with Gasteiger partial charge in [0.2, 0.25) is 0 Å². The van der Waals surface area contributed by atoms with Gasteiger partial charge in [0.05, 0.1) is 23.6 Å². The van der Waals surface area contributed by atoms with E-state index >= 15 is 0 Å². The Hall–Kier alpha value is -2.58. The Labute approximate surface area is 161 Å². The number of unbranched alkanes of at least 4 members (excludes halogenated alkanes) is 2. The average molecular weight is 396 g/mol. The molecule has 0 unspecified atom stereocenters. The molecule has 5 nitrogen and oxygen atoms in total. The molecule has 0 fully saturated rings. The van der Waals surface area contributed by atoms with Crippen LogP contribution < -0.4 is 10.8 Å². The van der Waals surface area contributed by atoms with E-state index in [1.165, 1.54) is 12.2 Å². The van der Waals surface area contributed by atoms with E-state index in [2.05, 4.69) is 10.8 Å². The second kappa shape index (κ2) is 10.7. The molecular weight excluding hydrogens is 373 g/mol. The van der Waals surface area contributed by atoms with Gasteiger partial charge in [0.1, 0.15) is 5.83 Å². The van der Waals surface area contributed by atoms with E-state index in [1.807, 2.05) is 6.92 Å². The Morgan fingerprint density at radius 1 is 1.18 bits per heavy atom. The number of carbonyl (C=O) groups is 1. The van der Waals surface area contributed by atoms with Crippen molar-refractivity contribution in [1.82, 2.24) is 5.48 Å². The molecule has 1 amide bonds. The van der Waals surface area contributed by atoms with Gasteiger partial charge in [-0.25, -0.2) is 18.7 Å². The fourth-order valence-corrected chi connectivity index (χ4v) is 2.47. The number of aliphatic hydroxyl groups is 1. The minimum Gasteiger partial charge on any atom is -0.396 e. The Balaban J connectivity index is 2.16. The Kier molecular flexibility index (Phi) is 8.28. The number of hydroxylamine groups is 1. The minimum absolute atomic E-state index is 0.0752. The Bertz CT molecular complexity index is 804. The predicted molar refractivity (Wildman–Crippen MR) is 100.0 cm³/mol. The van der Waals surface area contributed by atoms with Crippen LogP contribution in [0.1, 0.15) is 43.0 Å². The summed E-state index contributed by atoms with van der Waals surface area (Å²) in [6.45, 7) is 2.08. The number of hydrogen-bond acceptors (Lipinski definition) is 4. The Morgan fingerprint density at radius 3 is 2.71 bits per heavy atom. The van der Waals surface area contributed by atoms with Gasteiger partial charge in [0.15, 0.2) is 11.6 Å². The van der Waals surface area contributed by atoms with Gasteiger partial charge in [-0.05, 0) is 56.9 Å². The molecule has 1 aromatic carbocycles. The van der Waals surface area contributed by atoms with E-state index in [0.29, 0.717) is 19.3 Å². The summed E-state index contributed by atoms with van der Waals surface area (Å²) >= 11 is 0. The van der Waals surface area contributed by atoms with Gasteiger partial charge in [-0.1, -0.05) is 11.6 Å². The number of nitrogens with one attached hydrogen (secondary N) is 2. The predicted octanol–water partition coefficient (Wildman–Crippen LogP) is 4.29. The third kappa shape index (κ3) is 5.97. The largest absolute Gasteiger partial charge is 0.396 e. The van der Waals surface area contributed by atoms with Crippen LogP contribution in [0.4, 0.5) is 18.9 Å². The highest BCUT2D eigenvalue weighted by Gasteiger charge is 2.21. The summed E-state index contributed by atoms with van der Waals surface area (Å²) in [5, 5.41) is 11.2. The number of allylic oxidation sites excluding steroid dienone is 5. The van der Waals surface area contributed by atoms with Gasteiger partial charge in [0.25, 0.3) is 5.91 Å². The van der Waals surface area contributed by atoms with Crippen LogP contribution >= 0.6 is 0 Å². The zero-order chi connectivity index (χ0) is 20.5. The number of anilines is 1. The molecule has 0 saturated carbocycles. The van der Waals surface area contributed by atoms with E-state index in [0.717, 1.165) is 24.1 Å². The first kappa shape index (κ1) is 21.7. The monoisotopic (exact) mass is 396 g/mol. The maximum Gasteiger partial charge on any atom is 0.277 e. The van der Waals surface area contributed by atoms with Crippen molar-refractivity contribution < 1.29 is 27.9 Å². The van der Waals surface area contributed by atoms with E-state index in [-0.39, 0.29) is 24.5 Å². The third-order valence-electron chi connectivity index (χ3n) is 4.06. The van der Waals surface area contributed by atoms with Crippen molar-refractivity contribution in [2.75, 3.05) is 18.5 Å². The zero-order valence-electron chi connectivity index (χ0n) is 15.5. The highest BCUT2D eigenvalue weighted by molar-refractivity contribution is 5.99. The molecular formula is C20H23F3N2O3. The van der Waals surface area contributed by atoms with Gasteiger partial charge >= 0.3 is 0 Å². The lowest BCUT2D eigenvalue weighted by Gasteiger charge is -2.15. The lowest BCUT2D eigenvalue weighted by molar-refractivity contribution is 0.0295. The second-order valence-electron chi connectivity index (χ2n) is 6.32. The number of benzene rings is 1. The molecule has 3 N–H and O–H groups in total. The van der Waals surface area contributed by atoms with Crippen LogP contribution in [-0.2, 0) is 4.84 Å². The minimum atomic E-state index is -1.30. The Morgan fingerprint density at radius 2 is 1.96 bits per heavy atom. The highest BCUT2D eigenvalue weighted by atomic mass is 19.2. The molecule has 0 radical (unpaired) electrons. The van der Waals surface area contributed by atoms with E-state index in [4.69, 9.17) is 9.94 Å². The SMILES string of the molecule is CC1=CC=C(Nc2c(C(=O)NOCCCCCO)ccc(F)c2F)C(F)=CC1. The second-order valence-corrected chi connectivity index (χ2v) is 6.32. The fourth-order valence-electron chi connectivity index (χ4n) is 2.47.